The molecule has 2 aromatic heterocycles. The smallest absolute Gasteiger partial charge is 0.279 e. The van der Waals surface area contributed by atoms with Gasteiger partial charge in [0.05, 0.1) is 22.1 Å². The Labute approximate surface area is 124 Å². The fraction of sp³-hybridized carbons (Fsp3) is 0. The molecule has 0 atom stereocenters. The third kappa shape index (κ3) is 1.92. The number of nitrogens with zero attached hydrogens (tertiary/aromatic N) is 2. The fourth-order valence-electron chi connectivity index (χ4n) is 2.47. The average Bonchev–Trinajstić information content (AvgIpc) is 2.84. The number of fused-ring (bicyclic) bond motifs is 2. The summed E-state index contributed by atoms with van der Waals surface area (Å²) in [5.41, 5.74) is 2.31. The van der Waals surface area contributed by atoms with Gasteiger partial charge in [-0.2, -0.15) is 0 Å². The standard InChI is InChI=1S/C16H10ClN3O/c17-11-3-5-15-13(9-11)16(21)20(19-15)12-4-6-14-10(8-12)2-1-7-18-14/h1-9,19H. The Morgan fingerprint density at radius 3 is 2.90 bits per heavy atom. The van der Waals surface area contributed by atoms with Gasteiger partial charge in [-0.1, -0.05) is 17.7 Å². The molecule has 0 aliphatic rings. The molecule has 0 spiro atoms. The van der Waals surface area contributed by atoms with Crippen molar-refractivity contribution in [3.8, 4) is 5.69 Å². The van der Waals surface area contributed by atoms with Gasteiger partial charge in [0.1, 0.15) is 0 Å². The van der Waals surface area contributed by atoms with Gasteiger partial charge in [-0.15, -0.1) is 0 Å². The summed E-state index contributed by atoms with van der Waals surface area (Å²) in [6.45, 7) is 0. The minimum atomic E-state index is -0.115. The number of aromatic nitrogens is 3. The molecule has 4 nitrogen and oxygen atoms in total. The molecule has 0 fully saturated rings. The van der Waals surface area contributed by atoms with Crippen LogP contribution in [-0.2, 0) is 0 Å². The molecule has 0 bridgehead atoms. The zero-order valence-corrected chi connectivity index (χ0v) is 11.6. The van der Waals surface area contributed by atoms with Crippen LogP contribution >= 0.6 is 11.6 Å². The van der Waals surface area contributed by atoms with E-state index in [0.29, 0.717) is 10.4 Å². The van der Waals surface area contributed by atoms with Gasteiger partial charge in [0.15, 0.2) is 0 Å². The van der Waals surface area contributed by atoms with Gasteiger partial charge in [0, 0.05) is 16.6 Å². The molecule has 0 saturated carbocycles. The van der Waals surface area contributed by atoms with E-state index in [9.17, 15) is 4.79 Å². The topological polar surface area (TPSA) is 50.7 Å². The zero-order valence-electron chi connectivity index (χ0n) is 10.9. The fourth-order valence-corrected chi connectivity index (χ4v) is 2.64. The predicted octanol–water partition coefficient (Wildman–Crippen LogP) is 3.52. The number of halogens is 1. The molecule has 0 saturated heterocycles. The molecule has 0 unspecified atom stereocenters. The van der Waals surface area contributed by atoms with E-state index in [2.05, 4.69) is 10.1 Å². The number of nitrogens with one attached hydrogen (secondary N) is 1. The highest BCUT2D eigenvalue weighted by Gasteiger charge is 2.09. The van der Waals surface area contributed by atoms with Crippen LogP contribution in [0.3, 0.4) is 0 Å². The zero-order chi connectivity index (χ0) is 14.4. The minimum Gasteiger partial charge on any atom is -0.290 e. The van der Waals surface area contributed by atoms with Crippen LogP contribution in [-0.4, -0.2) is 14.8 Å². The van der Waals surface area contributed by atoms with Crippen LogP contribution in [0.1, 0.15) is 0 Å². The van der Waals surface area contributed by atoms with Crippen molar-refractivity contribution in [3.63, 3.8) is 0 Å². The van der Waals surface area contributed by atoms with Crippen LogP contribution in [0.2, 0.25) is 5.02 Å². The lowest BCUT2D eigenvalue weighted by atomic mass is 10.2. The molecule has 0 radical (unpaired) electrons. The van der Waals surface area contributed by atoms with Gasteiger partial charge in [0.25, 0.3) is 5.56 Å². The number of hydrogen-bond acceptors (Lipinski definition) is 2. The van der Waals surface area contributed by atoms with E-state index < -0.39 is 0 Å². The van der Waals surface area contributed by atoms with E-state index in [1.165, 1.54) is 4.68 Å². The maximum Gasteiger partial charge on any atom is 0.279 e. The van der Waals surface area contributed by atoms with Gasteiger partial charge in [-0.05, 0) is 42.5 Å². The van der Waals surface area contributed by atoms with E-state index >= 15 is 0 Å². The third-order valence-corrected chi connectivity index (χ3v) is 3.73. The molecule has 0 aliphatic heterocycles. The molecule has 21 heavy (non-hydrogen) atoms. The number of benzene rings is 2. The van der Waals surface area contributed by atoms with E-state index in [-0.39, 0.29) is 5.56 Å². The monoisotopic (exact) mass is 295 g/mol. The van der Waals surface area contributed by atoms with E-state index in [1.807, 2.05) is 30.3 Å². The number of pyridine rings is 1. The summed E-state index contributed by atoms with van der Waals surface area (Å²) in [6.07, 6.45) is 1.75. The number of hydrogen-bond donors (Lipinski definition) is 1. The van der Waals surface area contributed by atoms with Crippen molar-refractivity contribution >= 4 is 33.4 Å². The summed E-state index contributed by atoms with van der Waals surface area (Å²) in [6, 6.07) is 14.8. The molecule has 2 heterocycles. The molecule has 1 N–H and O–H groups in total. The summed E-state index contributed by atoms with van der Waals surface area (Å²) in [7, 11) is 0. The van der Waals surface area contributed by atoms with Crippen LogP contribution in [0.4, 0.5) is 0 Å². The van der Waals surface area contributed by atoms with Gasteiger partial charge < -0.3 is 0 Å². The van der Waals surface area contributed by atoms with Crippen molar-refractivity contribution in [2.45, 2.75) is 0 Å². The molecular formula is C16H10ClN3O. The maximum absolute atomic E-state index is 12.5. The van der Waals surface area contributed by atoms with Crippen LogP contribution in [0.25, 0.3) is 27.5 Å². The molecule has 102 valence electrons. The molecule has 0 amide bonds. The molecular weight excluding hydrogens is 286 g/mol. The summed E-state index contributed by atoms with van der Waals surface area (Å²) < 4.78 is 1.52. The van der Waals surface area contributed by atoms with Crippen LogP contribution < -0.4 is 5.56 Å². The Morgan fingerprint density at radius 1 is 1.10 bits per heavy atom. The highest BCUT2D eigenvalue weighted by molar-refractivity contribution is 6.31. The Hall–Kier alpha value is -2.59. The summed E-state index contributed by atoms with van der Waals surface area (Å²) in [4.78, 5) is 16.8. The Bertz CT molecular complexity index is 1030. The number of H-pyrrole nitrogens is 1. The average molecular weight is 296 g/mol. The second kappa shape index (κ2) is 4.46. The largest absolute Gasteiger partial charge is 0.290 e. The lowest BCUT2D eigenvalue weighted by molar-refractivity contribution is 0.865. The highest BCUT2D eigenvalue weighted by Crippen LogP contribution is 2.18. The van der Waals surface area contributed by atoms with Crippen molar-refractivity contribution in [3.05, 3.63) is 70.1 Å². The van der Waals surface area contributed by atoms with Gasteiger partial charge >= 0.3 is 0 Å². The predicted molar refractivity (Wildman–Crippen MR) is 84.2 cm³/mol. The van der Waals surface area contributed by atoms with Gasteiger partial charge in [-0.3, -0.25) is 14.9 Å². The quantitative estimate of drug-likeness (QED) is 0.584. The summed E-state index contributed by atoms with van der Waals surface area (Å²) in [5.74, 6) is 0. The van der Waals surface area contributed by atoms with Gasteiger partial charge in [-0.25, -0.2) is 4.68 Å². The van der Waals surface area contributed by atoms with Crippen molar-refractivity contribution in [1.82, 2.24) is 14.8 Å². The molecule has 5 heteroatoms. The van der Waals surface area contributed by atoms with Crippen molar-refractivity contribution in [2.24, 2.45) is 0 Å². The first-order valence-electron chi connectivity index (χ1n) is 6.48. The van der Waals surface area contributed by atoms with Crippen LogP contribution in [0, 0.1) is 0 Å². The first-order valence-corrected chi connectivity index (χ1v) is 6.86. The number of aromatic amines is 1. The van der Waals surface area contributed by atoms with Gasteiger partial charge in [0.2, 0.25) is 0 Å². The second-order valence-corrected chi connectivity index (χ2v) is 5.26. The van der Waals surface area contributed by atoms with E-state index in [4.69, 9.17) is 11.6 Å². The normalized spacial score (nSPS) is 11.3. The van der Waals surface area contributed by atoms with Crippen molar-refractivity contribution < 1.29 is 0 Å². The lowest BCUT2D eigenvalue weighted by Gasteiger charge is -2.03. The van der Waals surface area contributed by atoms with Crippen molar-refractivity contribution in [2.75, 3.05) is 0 Å². The SMILES string of the molecule is O=c1c2cc(Cl)ccc2[nH]n1-c1ccc2ncccc2c1. The first-order chi connectivity index (χ1) is 10.2. The second-order valence-electron chi connectivity index (χ2n) is 4.82. The minimum absolute atomic E-state index is 0.115. The summed E-state index contributed by atoms with van der Waals surface area (Å²) in [5, 5.41) is 5.21. The molecule has 2 aromatic carbocycles. The lowest BCUT2D eigenvalue weighted by Crippen LogP contribution is -2.14. The molecule has 4 aromatic rings. The van der Waals surface area contributed by atoms with Crippen LogP contribution in [0.5, 0.6) is 0 Å². The van der Waals surface area contributed by atoms with E-state index in [0.717, 1.165) is 22.1 Å². The summed E-state index contributed by atoms with van der Waals surface area (Å²) >= 11 is 5.95. The molecule has 4 rings (SSSR count). The first kappa shape index (κ1) is 12.2. The third-order valence-electron chi connectivity index (χ3n) is 3.49. The van der Waals surface area contributed by atoms with Crippen molar-refractivity contribution in [1.29, 1.82) is 0 Å². The number of rotatable bonds is 1. The Balaban J connectivity index is 1.99. The van der Waals surface area contributed by atoms with Crippen LogP contribution in [0.15, 0.2) is 59.5 Å². The Kier molecular flexibility index (Phi) is 2.59. The molecule has 0 aliphatic carbocycles. The van der Waals surface area contributed by atoms with E-state index in [1.54, 1.807) is 24.4 Å². The maximum atomic E-state index is 12.5. The Morgan fingerprint density at radius 2 is 2.00 bits per heavy atom. The highest BCUT2D eigenvalue weighted by atomic mass is 35.5.